The average Bonchev–Trinajstić information content (AvgIpc) is 2.82. The van der Waals surface area contributed by atoms with Gasteiger partial charge in [0.05, 0.1) is 40.0 Å². The summed E-state index contributed by atoms with van der Waals surface area (Å²) in [5, 5.41) is 0. The van der Waals surface area contributed by atoms with Crippen molar-refractivity contribution >= 4 is 57.4 Å². The molecule has 0 radical (unpaired) electrons. The van der Waals surface area contributed by atoms with Gasteiger partial charge in [-0.25, -0.2) is 44.3 Å². The number of halogens is 1. The molecule has 2 aromatic carbocycles. The van der Waals surface area contributed by atoms with E-state index >= 15 is 0 Å². The van der Waals surface area contributed by atoms with E-state index in [-0.39, 0.29) is 21.0 Å². The maximum absolute atomic E-state index is 11.6. The van der Waals surface area contributed by atoms with E-state index in [0.717, 1.165) is 25.3 Å². The van der Waals surface area contributed by atoms with Gasteiger partial charge < -0.3 is 15.2 Å². The van der Waals surface area contributed by atoms with E-state index < -0.39 is 51.5 Å². The molecule has 2 rings (SSSR count). The summed E-state index contributed by atoms with van der Waals surface area (Å²) >= 11 is 0. The number of sulfonamides is 2. The van der Waals surface area contributed by atoms with Crippen molar-refractivity contribution in [2.75, 3.05) is 34.0 Å². The third kappa shape index (κ3) is 7.61. The number of rotatable bonds is 7. The van der Waals surface area contributed by atoms with Crippen LogP contribution >= 0.6 is 10.7 Å². The lowest BCUT2D eigenvalue weighted by Gasteiger charge is -2.08. The van der Waals surface area contributed by atoms with Gasteiger partial charge in [-0.2, -0.15) is 0 Å². The van der Waals surface area contributed by atoms with Crippen LogP contribution in [0.2, 0.25) is 0 Å². The lowest BCUT2D eigenvalue weighted by atomic mass is 10.2. The predicted molar refractivity (Wildman–Crippen MR) is 126 cm³/mol. The average molecular weight is 572 g/mol. The van der Waals surface area contributed by atoms with Crippen LogP contribution in [0.5, 0.6) is 0 Å². The van der Waals surface area contributed by atoms with Gasteiger partial charge in [0, 0.05) is 16.4 Å². The van der Waals surface area contributed by atoms with Gasteiger partial charge in [0.1, 0.15) is 0 Å². The first-order chi connectivity index (χ1) is 16.0. The minimum absolute atomic E-state index is 0.0267. The maximum atomic E-state index is 11.6. The van der Waals surface area contributed by atoms with Crippen molar-refractivity contribution < 1.29 is 44.3 Å². The molecule has 0 saturated heterocycles. The summed E-state index contributed by atoms with van der Waals surface area (Å²) in [6.45, 7) is 0. The third-order valence-electron chi connectivity index (χ3n) is 4.21. The summed E-state index contributed by atoms with van der Waals surface area (Å²) in [5.74, 6) is -1.68. The number of nitrogen functional groups attached to an aromatic ring is 1. The Morgan fingerprint density at radius 3 is 1.57 bits per heavy atom. The summed E-state index contributed by atoms with van der Waals surface area (Å²) in [6.07, 6.45) is 0. The molecule has 4 N–H and O–H groups in total. The molecule has 0 amide bonds. The van der Waals surface area contributed by atoms with Crippen LogP contribution in [0.1, 0.15) is 20.7 Å². The van der Waals surface area contributed by atoms with Crippen molar-refractivity contribution in [3.8, 4) is 0 Å². The Labute approximate surface area is 207 Å². The van der Waals surface area contributed by atoms with E-state index in [0.29, 0.717) is 0 Å². The van der Waals surface area contributed by atoms with Crippen molar-refractivity contribution in [3.63, 3.8) is 0 Å². The molecular weight excluding hydrogens is 550 g/mol. The van der Waals surface area contributed by atoms with Crippen LogP contribution in [0.15, 0.2) is 51.1 Å². The van der Waals surface area contributed by atoms with Crippen LogP contribution in [0, 0.1) is 0 Å². The molecule has 2 aromatic rings. The number of nitrogens with one attached hydrogen (secondary N) is 2. The van der Waals surface area contributed by atoms with Gasteiger partial charge in [-0.1, -0.05) is 0 Å². The fourth-order valence-corrected chi connectivity index (χ4v) is 4.93. The summed E-state index contributed by atoms with van der Waals surface area (Å²) in [6, 6.07) is 6.66. The molecule has 0 atom stereocenters. The zero-order valence-electron chi connectivity index (χ0n) is 18.7. The highest BCUT2D eigenvalue weighted by atomic mass is 35.7. The van der Waals surface area contributed by atoms with E-state index in [1.807, 2.05) is 4.72 Å². The van der Waals surface area contributed by atoms with Crippen molar-refractivity contribution in [2.45, 2.75) is 14.7 Å². The molecule has 0 heterocycles. The normalized spacial score (nSPS) is 11.7. The molecule has 0 aliphatic carbocycles. The van der Waals surface area contributed by atoms with E-state index in [1.165, 1.54) is 39.4 Å². The van der Waals surface area contributed by atoms with Crippen molar-refractivity contribution in [2.24, 2.45) is 0 Å². The van der Waals surface area contributed by atoms with Crippen LogP contribution in [-0.2, 0) is 38.6 Å². The number of esters is 2. The standard InChI is InChI=1S/C9H10ClNO6S2.C9H12N2O4S/c1-11-19(15,16)6-3-4-8(18(10,13)14)7(5-6)9(12)17-2;1-11-16(13,14)6-3-4-8(10)7(5-6)9(12)15-2/h3-5,11H,1-2H3;3-5,11H,10H2,1-2H3. The zero-order valence-corrected chi connectivity index (χ0v) is 21.9. The molecule has 0 aliphatic rings. The molecular formula is C18H22ClN3O10S3. The highest BCUT2D eigenvalue weighted by Crippen LogP contribution is 2.24. The summed E-state index contributed by atoms with van der Waals surface area (Å²) < 4.78 is 81.8. The molecule has 35 heavy (non-hydrogen) atoms. The monoisotopic (exact) mass is 571 g/mol. The first-order valence-electron chi connectivity index (χ1n) is 9.07. The van der Waals surface area contributed by atoms with Crippen LogP contribution in [0.4, 0.5) is 5.69 Å². The summed E-state index contributed by atoms with van der Waals surface area (Å²) in [4.78, 5) is 21.9. The quantitative estimate of drug-likeness (QED) is 0.233. The Balaban J connectivity index is 0.000000355. The van der Waals surface area contributed by atoms with Gasteiger partial charge in [-0.15, -0.1) is 0 Å². The second kappa shape index (κ2) is 11.8. The van der Waals surface area contributed by atoms with Crippen molar-refractivity contribution in [1.82, 2.24) is 9.44 Å². The molecule has 0 fully saturated rings. The van der Waals surface area contributed by atoms with Crippen LogP contribution in [0.25, 0.3) is 0 Å². The fraction of sp³-hybridized carbons (Fsp3) is 0.222. The molecule has 0 bridgehead atoms. The molecule has 17 heteroatoms. The predicted octanol–water partition coefficient (Wildman–Crippen LogP) is 0.272. The maximum Gasteiger partial charge on any atom is 0.339 e. The second-order valence-corrected chi connectivity index (χ2v) is 12.6. The molecule has 0 saturated carbocycles. The lowest BCUT2D eigenvalue weighted by molar-refractivity contribution is 0.0589. The summed E-state index contributed by atoms with van der Waals surface area (Å²) in [7, 11) is -1.76. The van der Waals surface area contributed by atoms with Crippen molar-refractivity contribution in [3.05, 3.63) is 47.5 Å². The number of carbonyl (C=O) groups is 2. The highest BCUT2D eigenvalue weighted by molar-refractivity contribution is 8.13. The van der Waals surface area contributed by atoms with Gasteiger partial charge in [0.2, 0.25) is 20.0 Å². The Morgan fingerprint density at radius 1 is 0.771 bits per heavy atom. The van der Waals surface area contributed by atoms with E-state index in [4.69, 9.17) is 16.4 Å². The third-order valence-corrected chi connectivity index (χ3v) is 8.41. The van der Waals surface area contributed by atoms with Crippen molar-refractivity contribution in [1.29, 1.82) is 0 Å². The minimum Gasteiger partial charge on any atom is -0.465 e. The molecule has 13 nitrogen and oxygen atoms in total. The van der Waals surface area contributed by atoms with Crippen LogP contribution in [-0.4, -0.2) is 65.5 Å². The molecule has 0 unspecified atom stereocenters. The van der Waals surface area contributed by atoms with Crippen LogP contribution < -0.4 is 15.2 Å². The smallest absolute Gasteiger partial charge is 0.339 e. The Bertz CT molecular complexity index is 1440. The molecule has 0 aliphatic heterocycles. The van der Waals surface area contributed by atoms with Crippen LogP contribution in [0.3, 0.4) is 0 Å². The van der Waals surface area contributed by atoms with Gasteiger partial charge >= 0.3 is 11.9 Å². The molecule has 0 spiro atoms. The van der Waals surface area contributed by atoms with Gasteiger partial charge in [0.15, 0.2) is 0 Å². The second-order valence-electron chi connectivity index (χ2n) is 6.24. The van der Waals surface area contributed by atoms with Gasteiger partial charge in [-0.05, 0) is 50.5 Å². The number of ether oxygens (including phenoxy) is 2. The van der Waals surface area contributed by atoms with E-state index in [9.17, 15) is 34.8 Å². The Hall–Kier alpha value is -2.76. The largest absolute Gasteiger partial charge is 0.465 e. The number of hydrogen-bond donors (Lipinski definition) is 3. The SMILES string of the molecule is CNS(=O)(=O)c1ccc(N)c(C(=O)OC)c1.CNS(=O)(=O)c1ccc(S(=O)(=O)Cl)c(C(=O)OC)c1. The minimum atomic E-state index is -4.20. The highest BCUT2D eigenvalue weighted by Gasteiger charge is 2.24. The number of anilines is 1. The zero-order chi connectivity index (χ0) is 27.2. The topological polar surface area (TPSA) is 205 Å². The lowest BCUT2D eigenvalue weighted by Crippen LogP contribution is -2.19. The molecule has 194 valence electrons. The Kier molecular flexibility index (Phi) is 10.2. The van der Waals surface area contributed by atoms with E-state index in [2.05, 4.69) is 14.2 Å². The number of benzene rings is 2. The fourth-order valence-electron chi connectivity index (χ4n) is 2.38. The summed E-state index contributed by atoms with van der Waals surface area (Å²) in [5.41, 5.74) is 5.28. The number of carbonyl (C=O) groups excluding carboxylic acids is 2. The number of nitrogens with two attached hydrogens (primary N) is 1. The Morgan fingerprint density at radius 2 is 1.17 bits per heavy atom. The number of hydrogen-bond acceptors (Lipinski definition) is 11. The van der Waals surface area contributed by atoms with Gasteiger partial charge in [-0.3, -0.25) is 0 Å². The van der Waals surface area contributed by atoms with Gasteiger partial charge in [0.25, 0.3) is 9.05 Å². The number of methoxy groups -OCH3 is 2. The molecule has 0 aromatic heterocycles. The first-order valence-corrected chi connectivity index (χ1v) is 14.3. The van der Waals surface area contributed by atoms with E-state index in [1.54, 1.807) is 0 Å². The first kappa shape index (κ1) is 30.3.